The molecule has 0 bridgehead atoms. The first-order valence-corrected chi connectivity index (χ1v) is 8.11. The summed E-state index contributed by atoms with van der Waals surface area (Å²) in [5, 5.41) is 12.7. The van der Waals surface area contributed by atoms with Gasteiger partial charge in [-0.1, -0.05) is 32.1 Å². The first kappa shape index (κ1) is 17.0. The molecule has 0 atom stereocenters. The Labute approximate surface area is 139 Å². The second-order valence-corrected chi connectivity index (χ2v) is 7.01. The maximum atomic E-state index is 12.1. The zero-order chi connectivity index (χ0) is 17.0. The van der Waals surface area contributed by atoms with Gasteiger partial charge in [-0.25, -0.2) is 4.98 Å². The van der Waals surface area contributed by atoms with Crippen LogP contribution in [0.25, 0.3) is 10.2 Å². The Hall–Kier alpha value is -2.39. The van der Waals surface area contributed by atoms with Gasteiger partial charge in [0.2, 0.25) is 0 Å². The van der Waals surface area contributed by atoms with Crippen molar-refractivity contribution < 1.29 is 9.53 Å². The molecule has 1 heterocycles. The highest BCUT2D eigenvalue weighted by molar-refractivity contribution is 7.22. The van der Waals surface area contributed by atoms with E-state index in [1.165, 1.54) is 17.5 Å². The summed E-state index contributed by atoms with van der Waals surface area (Å²) in [7, 11) is 0. The number of Topliss-reactive ketones (excluding diaryl/α,β-unsaturated/α-hetero) is 1. The van der Waals surface area contributed by atoms with E-state index in [9.17, 15) is 4.79 Å². The fraction of sp³-hybridized carbons (Fsp3) is 0.353. The molecule has 23 heavy (non-hydrogen) atoms. The molecule has 1 aromatic carbocycles. The number of fused-ring (bicyclic) bond motifs is 1. The third-order valence-electron chi connectivity index (χ3n) is 3.06. The van der Waals surface area contributed by atoms with Gasteiger partial charge in [-0.15, -0.1) is 0 Å². The molecular weight excluding hydrogens is 310 g/mol. The quantitative estimate of drug-likeness (QED) is 0.659. The summed E-state index contributed by atoms with van der Waals surface area (Å²) in [6.07, 6.45) is 1.43. The van der Waals surface area contributed by atoms with Crippen molar-refractivity contribution >= 4 is 32.5 Å². The minimum atomic E-state index is -0.594. The number of ether oxygens (including phenoxy) is 1. The van der Waals surface area contributed by atoms with Crippen LogP contribution in [0.15, 0.2) is 30.0 Å². The molecule has 0 unspecified atom stereocenters. The predicted octanol–water partition coefficient (Wildman–Crippen LogP) is 4.13. The van der Waals surface area contributed by atoms with Crippen molar-refractivity contribution in [2.24, 2.45) is 5.41 Å². The van der Waals surface area contributed by atoms with E-state index in [-0.39, 0.29) is 11.4 Å². The zero-order valence-electron chi connectivity index (χ0n) is 13.6. The lowest BCUT2D eigenvalue weighted by Crippen LogP contribution is -2.22. The Balaban J connectivity index is 2.23. The maximum Gasteiger partial charge on any atom is 0.187 e. The molecule has 1 N–H and O–H groups in total. The third kappa shape index (κ3) is 4.08. The number of nitrogens with one attached hydrogen (secondary N) is 1. The van der Waals surface area contributed by atoms with Gasteiger partial charge in [0.1, 0.15) is 17.4 Å². The van der Waals surface area contributed by atoms with Gasteiger partial charge in [-0.3, -0.25) is 4.79 Å². The van der Waals surface area contributed by atoms with Crippen molar-refractivity contribution in [3.8, 4) is 11.8 Å². The number of thiazole rings is 1. The van der Waals surface area contributed by atoms with Gasteiger partial charge in [0.15, 0.2) is 10.9 Å². The number of hydrogen-bond acceptors (Lipinski definition) is 6. The molecule has 0 spiro atoms. The van der Waals surface area contributed by atoms with Crippen molar-refractivity contribution in [2.45, 2.75) is 27.7 Å². The van der Waals surface area contributed by atoms with Crippen LogP contribution in [-0.2, 0) is 4.79 Å². The zero-order valence-corrected chi connectivity index (χ0v) is 14.5. The van der Waals surface area contributed by atoms with E-state index < -0.39 is 5.41 Å². The van der Waals surface area contributed by atoms with Gasteiger partial charge in [0, 0.05) is 11.6 Å². The van der Waals surface area contributed by atoms with Gasteiger partial charge < -0.3 is 10.1 Å². The van der Waals surface area contributed by atoms with Crippen molar-refractivity contribution in [3.05, 3.63) is 30.0 Å². The van der Waals surface area contributed by atoms with Crippen molar-refractivity contribution in [1.82, 2.24) is 4.98 Å². The summed E-state index contributed by atoms with van der Waals surface area (Å²) < 4.78 is 6.45. The molecule has 5 nitrogen and oxygen atoms in total. The lowest BCUT2D eigenvalue weighted by Gasteiger charge is -2.15. The monoisotopic (exact) mass is 329 g/mol. The van der Waals surface area contributed by atoms with Gasteiger partial charge >= 0.3 is 0 Å². The largest absolute Gasteiger partial charge is 0.494 e. The Morgan fingerprint density at radius 1 is 1.48 bits per heavy atom. The molecular formula is C17H19N3O2S. The number of aromatic nitrogens is 1. The highest BCUT2D eigenvalue weighted by Crippen LogP contribution is 2.29. The SMILES string of the molecule is CCOc1ccc2nc(NC=C(C#N)C(=O)C(C)(C)C)sc2c1. The van der Waals surface area contributed by atoms with E-state index in [0.29, 0.717) is 11.7 Å². The summed E-state index contributed by atoms with van der Waals surface area (Å²) in [5.74, 6) is 0.596. The minimum absolute atomic E-state index is 0.0896. The number of anilines is 1. The van der Waals surface area contributed by atoms with Gasteiger partial charge in [0.25, 0.3) is 0 Å². The second-order valence-electron chi connectivity index (χ2n) is 5.97. The van der Waals surface area contributed by atoms with Crippen LogP contribution in [0, 0.1) is 16.7 Å². The van der Waals surface area contributed by atoms with E-state index in [2.05, 4.69) is 10.3 Å². The normalized spacial score (nSPS) is 12.0. The number of benzene rings is 1. The average Bonchev–Trinajstić information content (AvgIpc) is 2.89. The number of rotatable bonds is 5. The summed E-state index contributed by atoms with van der Waals surface area (Å²) in [4.78, 5) is 16.6. The van der Waals surface area contributed by atoms with Gasteiger partial charge in [-0.05, 0) is 25.1 Å². The predicted molar refractivity (Wildman–Crippen MR) is 92.6 cm³/mol. The number of allylic oxidation sites excluding steroid dienone is 1. The van der Waals surface area contributed by atoms with Gasteiger partial charge in [0.05, 0.1) is 16.8 Å². The van der Waals surface area contributed by atoms with Crippen molar-refractivity contribution in [1.29, 1.82) is 5.26 Å². The van der Waals surface area contributed by atoms with Crippen LogP contribution in [0.5, 0.6) is 5.75 Å². The molecule has 0 radical (unpaired) electrons. The summed E-state index contributed by atoms with van der Waals surface area (Å²) in [6, 6.07) is 7.63. The molecule has 0 fully saturated rings. The topological polar surface area (TPSA) is 75.0 Å². The van der Waals surface area contributed by atoms with E-state index in [4.69, 9.17) is 10.00 Å². The van der Waals surface area contributed by atoms with Crippen LogP contribution in [-0.4, -0.2) is 17.4 Å². The number of hydrogen-bond donors (Lipinski definition) is 1. The Morgan fingerprint density at radius 3 is 2.83 bits per heavy atom. The Bertz CT molecular complexity index is 794. The highest BCUT2D eigenvalue weighted by atomic mass is 32.1. The first-order valence-electron chi connectivity index (χ1n) is 7.30. The van der Waals surface area contributed by atoms with E-state index >= 15 is 0 Å². The summed E-state index contributed by atoms with van der Waals surface area (Å²) >= 11 is 1.44. The van der Waals surface area contributed by atoms with E-state index in [0.717, 1.165) is 16.0 Å². The average molecular weight is 329 g/mol. The summed E-state index contributed by atoms with van der Waals surface area (Å²) in [5.41, 5.74) is 0.338. The molecule has 0 aliphatic rings. The number of carbonyl (C=O) groups excluding carboxylic acids is 1. The lowest BCUT2D eigenvalue weighted by molar-refractivity contribution is -0.122. The second kappa shape index (κ2) is 6.80. The summed E-state index contributed by atoms with van der Waals surface area (Å²) in [6.45, 7) is 7.90. The molecule has 6 heteroatoms. The van der Waals surface area contributed by atoms with Crippen LogP contribution < -0.4 is 10.1 Å². The van der Waals surface area contributed by atoms with E-state index in [1.54, 1.807) is 20.8 Å². The molecule has 0 saturated heterocycles. The van der Waals surface area contributed by atoms with Crippen LogP contribution in [0.1, 0.15) is 27.7 Å². The number of carbonyl (C=O) groups is 1. The molecule has 120 valence electrons. The third-order valence-corrected chi connectivity index (χ3v) is 4.01. The van der Waals surface area contributed by atoms with Crippen molar-refractivity contribution in [3.63, 3.8) is 0 Å². The van der Waals surface area contributed by atoms with Crippen LogP contribution >= 0.6 is 11.3 Å². The highest BCUT2D eigenvalue weighted by Gasteiger charge is 2.25. The molecule has 0 saturated carbocycles. The number of nitrogens with zero attached hydrogens (tertiary/aromatic N) is 2. The Morgan fingerprint density at radius 2 is 2.22 bits per heavy atom. The first-order chi connectivity index (χ1) is 10.8. The lowest BCUT2D eigenvalue weighted by atomic mass is 9.87. The van der Waals surface area contributed by atoms with Crippen molar-refractivity contribution in [2.75, 3.05) is 11.9 Å². The minimum Gasteiger partial charge on any atom is -0.494 e. The number of nitriles is 1. The molecule has 2 rings (SSSR count). The molecule has 0 aliphatic heterocycles. The smallest absolute Gasteiger partial charge is 0.187 e. The maximum absolute atomic E-state index is 12.1. The Kier molecular flexibility index (Phi) is 5.02. The van der Waals surface area contributed by atoms with Gasteiger partial charge in [-0.2, -0.15) is 5.26 Å². The molecule has 2 aromatic rings. The fourth-order valence-corrected chi connectivity index (χ4v) is 2.77. The van der Waals surface area contributed by atoms with Crippen LogP contribution in [0.4, 0.5) is 5.13 Å². The fourth-order valence-electron chi connectivity index (χ4n) is 1.91. The van der Waals surface area contributed by atoms with E-state index in [1.807, 2.05) is 31.2 Å². The molecule has 0 aliphatic carbocycles. The standard InChI is InChI=1S/C17H19N3O2S/c1-5-22-12-6-7-13-14(8-12)23-16(20-13)19-10-11(9-18)15(21)17(2,3)4/h6-8,10H,5H2,1-4H3,(H,19,20). The van der Waals surface area contributed by atoms with Crippen LogP contribution in [0.3, 0.4) is 0 Å². The number of ketones is 1. The van der Waals surface area contributed by atoms with Crippen LogP contribution in [0.2, 0.25) is 0 Å². The molecule has 0 amide bonds. The molecule has 1 aromatic heterocycles.